The molecule has 1 saturated carbocycles. The van der Waals surface area contributed by atoms with Crippen molar-refractivity contribution >= 4 is 11.9 Å². The van der Waals surface area contributed by atoms with Crippen LogP contribution in [0.15, 0.2) is 4.99 Å². The molecule has 1 heterocycles. The molecule has 0 spiro atoms. The molecule has 5 heteroatoms. The normalized spacial score (nSPS) is 23.4. The summed E-state index contributed by atoms with van der Waals surface area (Å²) in [5, 5.41) is 5.93. The maximum Gasteiger partial charge on any atom is 0.315 e. The van der Waals surface area contributed by atoms with Crippen molar-refractivity contribution in [3.8, 4) is 0 Å². The van der Waals surface area contributed by atoms with Crippen molar-refractivity contribution in [3.05, 3.63) is 0 Å². The molecule has 5 nitrogen and oxygen atoms in total. The molecule has 1 fully saturated rings. The van der Waals surface area contributed by atoms with Gasteiger partial charge in [-0.05, 0) is 18.8 Å². The van der Waals surface area contributed by atoms with E-state index >= 15 is 0 Å². The van der Waals surface area contributed by atoms with E-state index in [0.29, 0.717) is 31.5 Å². The van der Waals surface area contributed by atoms with Crippen LogP contribution in [0.1, 0.15) is 52.4 Å². The Bertz CT molecular complexity index is 349. The van der Waals surface area contributed by atoms with Gasteiger partial charge in [0.25, 0.3) is 0 Å². The van der Waals surface area contributed by atoms with E-state index in [9.17, 15) is 4.79 Å². The number of hydrogen-bond acceptors (Lipinski definition) is 3. The molecule has 0 aromatic rings. The van der Waals surface area contributed by atoms with Crippen LogP contribution in [0.4, 0.5) is 4.79 Å². The summed E-state index contributed by atoms with van der Waals surface area (Å²) >= 11 is 0. The molecule has 2 rings (SSSR count). The number of hydrogen-bond donors (Lipinski definition) is 2. The van der Waals surface area contributed by atoms with E-state index in [1.807, 2.05) is 0 Å². The second-order valence-electron chi connectivity index (χ2n) is 6.13. The van der Waals surface area contributed by atoms with Crippen LogP contribution in [-0.2, 0) is 4.74 Å². The smallest absolute Gasteiger partial charge is 0.315 e. The Hall–Kier alpha value is -1.26. The summed E-state index contributed by atoms with van der Waals surface area (Å²) in [6.45, 7) is 5.57. The molecule has 0 radical (unpaired) electrons. The molecule has 0 saturated heterocycles. The van der Waals surface area contributed by atoms with Crippen LogP contribution in [-0.4, -0.2) is 37.2 Å². The van der Waals surface area contributed by atoms with Crippen LogP contribution < -0.4 is 10.6 Å². The van der Waals surface area contributed by atoms with Crippen molar-refractivity contribution in [2.45, 2.75) is 64.5 Å². The van der Waals surface area contributed by atoms with Crippen LogP contribution in [0.5, 0.6) is 0 Å². The fraction of sp³-hybridized carbons (Fsp3) is 0.867. The van der Waals surface area contributed by atoms with Gasteiger partial charge in [-0.15, -0.1) is 0 Å². The van der Waals surface area contributed by atoms with Crippen molar-refractivity contribution in [1.29, 1.82) is 0 Å². The van der Waals surface area contributed by atoms with E-state index in [0.717, 1.165) is 18.7 Å². The second-order valence-corrected chi connectivity index (χ2v) is 6.13. The average Bonchev–Trinajstić information content (AvgIpc) is 2.89. The maximum absolute atomic E-state index is 11.8. The first-order chi connectivity index (χ1) is 9.65. The topological polar surface area (TPSA) is 62.7 Å². The predicted molar refractivity (Wildman–Crippen MR) is 80.0 cm³/mol. The molecule has 2 aliphatic rings. The lowest BCUT2D eigenvalue weighted by Gasteiger charge is -2.22. The summed E-state index contributed by atoms with van der Waals surface area (Å²) in [6, 6.07) is 0.575. The Morgan fingerprint density at radius 2 is 2.10 bits per heavy atom. The van der Waals surface area contributed by atoms with Gasteiger partial charge >= 0.3 is 6.03 Å². The van der Waals surface area contributed by atoms with Crippen molar-refractivity contribution in [3.63, 3.8) is 0 Å². The molecule has 1 atom stereocenters. The number of ether oxygens (including phenoxy) is 1. The van der Waals surface area contributed by atoms with E-state index in [2.05, 4.69) is 29.5 Å². The van der Waals surface area contributed by atoms with Gasteiger partial charge in [-0.25, -0.2) is 9.79 Å². The van der Waals surface area contributed by atoms with Gasteiger partial charge in [-0.3, -0.25) is 0 Å². The number of nitrogens with zero attached hydrogens (tertiary/aromatic N) is 1. The quantitative estimate of drug-likeness (QED) is 0.813. The number of carbonyl (C=O) groups is 1. The number of aliphatic imine (C=N–C) groups is 1. The van der Waals surface area contributed by atoms with Gasteiger partial charge in [0.05, 0.1) is 6.04 Å². The molecule has 1 aliphatic heterocycles. The number of carbonyl (C=O) groups excluding carboxylic acids is 1. The molecule has 0 unspecified atom stereocenters. The fourth-order valence-electron chi connectivity index (χ4n) is 2.69. The largest absolute Gasteiger partial charge is 0.479 e. The highest BCUT2D eigenvalue weighted by Gasteiger charge is 2.21. The Morgan fingerprint density at radius 1 is 1.35 bits per heavy atom. The summed E-state index contributed by atoms with van der Waals surface area (Å²) in [6.07, 6.45) is 6.66. The fourth-order valence-corrected chi connectivity index (χ4v) is 2.69. The maximum atomic E-state index is 11.8. The van der Waals surface area contributed by atoms with E-state index in [-0.39, 0.29) is 12.1 Å². The zero-order chi connectivity index (χ0) is 14.4. The molecular formula is C15H27N3O2. The highest BCUT2D eigenvalue weighted by molar-refractivity contribution is 5.79. The van der Waals surface area contributed by atoms with Crippen molar-refractivity contribution in [2.75, 3.05) is 13.2 Å². The number of nitrogens with one attached hydrogen (secondary N) is 2. The minimum absolute atomic E-state index is 0.0593. The molecule has 20 heavy (non-hydrogen) atoms. The van der Waals surface area contributed by atoms with E-state index in [1.165, 1.54) is 19.3 Å². The first kappa shape index (κ1) is 15.1. The van der Waals surface area contributed by atoms with Crippen molar-refractivity contribution in [1.82, 2.24) is 10.6 Å². The Balaban J connectivity index is 1.61. The van der Waals surface area contributed by atoms with E-state index in [4.69, 9.17) is 4.74 Å². The predicted octanol–water partition coefficient (Wildman–Crippen LogP) is 2.46. The molecule has 114 valence electrons. The van der Waals surface area contributed by atoms with Gasteiger partial charge in [0, 0.05) is 19.0 Å². The molecule has 2 N–H and O–H groups in total. The van der Waals surface area contributed by atoms with E-state index in [1.54, 1.807) is 0 Å². The number of urea groups is 1. The highest BCUT2D eigenvalue weighted by atomic mass is 16.5. The SMILES string of the molecule is CC(C)[C@H]1COC(CCNC(=O)NC2CCCCC2)=N1. The summed E-state index contributed by atoms with van der Waals surface area (Å²) in [4.78, 5) is 16.3. The lowest BCUT2D eigenvalue weighted by Crippen LogP contribution is -2.43. The first-order valence-electron chi connectivity index (χ1n) is 7.89. The third-order valence-electron chi connectivity index (χ3n) is 4.06. The standard InChI is InChI=1S/C15H27N3O2/c1-11(2)13-10-20-14(18-13)8-9-16-15(19)17-12-6-4-3-5-7-12/h11-13H,3-10H2,1-2H3,(H2,16,17,19)/t13-/m1/s1. The van der Waals surface area contributed by atoms with Crippen LogP contribution in [0.3, 0.4) is 0 Å². The van der Waals surface area contributed by atoms with Crippen LogP contribution in [0, 0.1) is 5.92 Å². The molecule has 0 aromatic carbocycles. The lowest BCUT2D eigenvalue weighted by molar-refractivity contribution is 0.232. The van der Waals surface area contributed by atoms with E-state index < -0.39 is 0 Å². The zero-order valence-electron chi connectivity index (χ0n) is 12.7. The van der Waals surface area contributed by atoms with Crippen LogP contribution >= 0.6 is 0 Å². The van der Waals surface area contributed by atoms with Crippen molar-refractivity contribution < 1.29 is 9.53 Å². The summed E-state index contributed by atoms with van der Waals surface area (Å²) in [5.74, 6) is 1.29. The van der Waals surface area contributed by atoms with Gasteiger partial charge in [0.1, 0.15) is 6.61 Å². The monoisotopic (exact) mass is 281 g/mol. The second kappa shape index (κ2) is 7.50. The van der Waals surface area contributed by atoms with Gasteiger partial charge < -0.3 is 15.4 Å². The number of amides is 2. The molecular weight excluding hydrogens is 254 g/mol. The minimum atomic E-state index is -0.0593. The summed E-state index contributed by atoms with van der Waals surface area (Å²) < 4.78 is 5.54. The van der Waals surface area contributed by atoms with Gasteiger partial charge in [-0.1, -0.05) is 33.1 Å². The molecule has 2 amide bonds. The van der Waals surface area contributed by atoms with Gasteiger partial charge in [0.2, 0.25) is 0 Å². The lowest BCUT2D eigenvalue weighted by atomic mass is 9.96. The first-order valence-corrected chi connectivity index (χ1v) is 7.89. The zero-order valence-corrected chi connectivity index (χ0v) is 12.7. The highest BCUT2D eigenvalue weighted by Crippen LogP contribution is 2.17. The third-order valence-corrected chi connectivity index (χ3v) is 4.06. The van der Waals surface area contributed by atoms with Gasteiger partial charge in [0.15, 0.2) is 5.90 Å². The minimum Gasteiger partial charge on any atom is -0.479 e. The van der Waals surface area contributed by atoms with Crippen LogP contribution in [0.2, 0.25) is 0 Å². The van der Waals surface area contributed by atoms with Crippen LogP contribution in [0.25, 0.3) is 0 Å². The molecule has 0 bridgehead atoms. The third kappa shape index (κ3) is 4.69. The Morgan fingerprint density at radius 3 is 2.75 bits per heavy atom. The van der Waals surface area contributed by atoms with Crippen molar-refractivity contribution in [2.24, 2.45) is 10.9 Å². The number of rotatable bonds is 5. The Kier molecular flexibility index (Phi) is 5.68. The molecule has 0 aromatic heterocycles. The summed E-state index contributed by atoms with van der Waals surface area (Å²) in [7, 11) is 0. The summed E-state index contributed by atoms with van der Waals surface area (Å²) in [5.41, 5.74) is 0. The average molecular weight is 281 g/mol. The van der Waals surface area contributed by atoms with Gasteiger partial charge in [-0.2, -0.15) is 0 Å². The molecule has 1 aliphatic carbocycles. The Labute approximate surface area is 121 Å².